The summed E-state index contributed by atoms with van der Waals surface area (Å²) < 4.78 is 12.9. The first-order valence-corrected chi connectivity index (χ1v) is 10.8. The van der Waals surface area contributed by atoms with E-state index in [9.17, 15) is 4.79 Å². The number of rotatable bonds is 9. The van der Waals surface area contributed by atoms with Gasteiger partial charge in [-0.3, -0.25) is 4.79 Å². The van der Waals surface area contributed by atoms with Crippen molar-refractivity contribution in [2.24, 2.45) is 0 Å². The molecule has 0 spiro atoms. The Balaban J connectivity index is 1.60. The number of para-hydroxylation sites is 1. The number of ether oxygens (including phenoxy) is 2. The van der Waals surface area contributed by atoms with E-state index < -0.39 is 0 Å². The molecule has 6 heteroatoms. The molecule has 0 saturated carbocycles. The number of nitrogens with one attached hydrogen (secondary N) is 1. The summed E-state index contributed by atoms with van der Waals surface area (Å²) in [6.07, 6.45) is 2.88. The summed E-state index contributed by atoms with van der Waals surface area (Å²) in [5.41, 5.74) is 4.57. The van der Waals surface area contributed by atoms with Crippen molar-refractivity contribution in [1.82, 2.24) is 15.1 Å². The molecule has 1 N–H and O–H groups in total. The smallest absolute Gasteiger partial charge is 0.220 e. The fraction of sp³-hybridized carbons (Fsp3) is 0.185. The summed E-state index contributed by atoms with van der Waals surface area (Å²) in [6.45, 7) is 0.513. The zero-order valence-electron chi connectivity index (χ0n) is 18.8. The van der Waals surface area contributed by atoms with Crippen LogP contribution in [0.25, 0.3) is 16.9 Å². The molecule has 4 aromatic rings. The Morgan fingerprint density at radius 2 is 1.67 bits per heavy atom. The van der Waals surface area contributed by atoms with Crippen molar-refractivity contribution in [2.75, 3.05) is 14.2 Å². The maximum Gasteiger partial charge on any atom is 0.220 e. The van der Waals surface area contributed by atoms with Crippen LogP contribution in [0.15, 0.2) is 85.1 Å². The summed E-state index contributed by atoms with van der Waals surface area (Å²) in [7, 11) is 3.27. The zero-order chi connectivity index (χ0) is 23.0. The first-order valence-electron chi connectivity index (χ1n) is 10.8. The average molecular weight is 442 g/mol. The van der Waals surface area contributed by atoms with Crippen molar-refractivity contribution >= 4 is 5.91 Å². The van der Waals surface area contributed by atoms with Crippen LogP contribution in [-0.4, -0.2) is 29.9 Å². The predicted molar refractivity (Wildman–Crippen MR) is 129 cm³/mol. The van der Waals surface area contributed by atoms with Crippen LogP contribution in [0.2, 0.25) is 0 Å². The molecule has 6 nitrogen and oxygen atoms in total. The van der Waals surface area contributed by atoms with E-state index in [1.165, 1.54) is 0 Å². The van der Waals surface area contributed by atoms with Crippen molar-refractivity contribution in [2.45, 2.75) is 19.4 Å². The first-order chi connectivity index (χ1) is 16.2. The van der Waals surface area contributed by atoms with Gasteiger partial charge in [-0.2, -0.15) is 5.10 Å². The monoisotopic (exact) mass is 441 g/mol. The molecule has 33 heavy (non-hydrogen) atoms. The topological polar surface area (TPSA) is 65.4 Å². The van der Waals surface area contributed by atoms with Gasteiger partial charge in [0.15, 0.2) is 0 Å². The molecule has 3 aromatic carbocycles. The Kier molecular flexibility index (Phi) is 7.05. The van der Waals surface area contributed by atoms with Crippen molar-refractivity contribution in [3.05, 3.63) is 96.2 Å². The Bertz CT molecular complexity index is 1200. The zero-order valence-corrected chi connectivity index (χ0v) is 18.8. The summed E-state index contributed by atoms with van der Waals surface area (Å²) in [6, 6.07) is 25.4. The fourth-order valence-corrected chi connectivity index (χ4v) is 3.66. The molecular formula is C27H27N3O3. The Morgan fingerprint density at radius 3 is 2.36 bits per heavy atom. The number of hydrogen-bond donors (Lipinski definition) is 1. The molecule has 4 rings (SSSR count). The normalized spacial score (nSPS) is 10.6. The minimum absolute atomic E-state index is 0.00475. The van der Waals surface area contributed by atoms with Crippen LogP contribution in [0, 0.1) is 0 Å². The van der Waals surface area contributed by atoms with E-state index in [1.54, 1.807) is 14.2 Å². The Labute approximate surface area is 193 Å². The fourth-order valence-electron chi connectivity index (χ4n) is 3.66. The molecule has 0 bridgehead atoms. The van der Waals surface area contributed by atoms with Crippen molar-refractivity contribution in [3.63, 3.8) is 0 Å². The summed E-state index contributed by atoms with van der Waals surface area (Å²) in [5.74, 6) is 1.41. The second-order valence-corrected chi connectivity index (χ2v) is 7.61. The molecule has 1 heterocycles. The predicted octanol–water partition coefficient (Wildman–Crippen LogP) is 4.81. The lowest BCUT2D eigenvalue weighted by atomic mass is 10.0. The molecule has 0 aliphatic rings. The highest BCUT2D eigenvalue weighted by atomic mass is 16.5. The number of carbonyl (C=O) groups excluding carboxylic acids is 1. The molecule has 0 atom stereocenters. The number of aromatic nitrogens is 2. The van der Waals surface area contributed by atoms with Gasteiger partial charge in [-0.1, -0.05) is 48.5 Å². The van der Waals surface area contributed by atoms with E-state index in [0.29, 0.717) is 30.9 Å². The van der Waals surface area contributed by atoms with Crippen LogP contribution >= 0.6 is 0 Å². The van der Waals surface area contributed by atoms with Gasteiger partial charge in [-0.15, -0.1) is 0 Å². The highest BCUT2D eigenvalue weighted by molar-refractivity contribution is 5.77. The minimum Gasteiger partial charge on any atom is -0.497 e. The van der Waals surface area contributed by atoms with Gasteiger partial charge in [0.05, 0.1) is 25.6 Å². The molecule has 0 saturated heterocycles. The summed E-state index contributed by atoms with van der Waals surface area (Å²) in [4.78, 5) is 12.6. The van der Waals surface area contributed by atoms with E-state index in [1.807, 2.05) is 89.7 Å². The van der Waals surface area contributed by atoms with Gasteiger partial charge in [0.25, 0.3) is 0 Å². The summed E-state index contributed by atoms with van der Waals surface area (Å²) >= 11 is 0. The number of hydrogen-bond acceptors (Lipinski definition) is 4. The third kappa shape index (κ3) is 5.41. The van der Waals surface area contributed by atoms with E-state index in [0.717, 1.165) is 28.1 Å². The van der Waals surface area contributed by atoms with E-state index in [2.05, 4.69) is 5.32 Å². The lowest BCUT2D eigenvalue weighted by Gasteiger charge is -2.10. The second kappa shape index (κ2) is 10.5. The maximum atomic E-state index is 12.6. The number of amides is 1. The number of benzene rings is 3. The van der Waals surface area contributed by atoms with Gasteiger partial charge in [0.1, 0.15) is 11.5 Å². The average Bonchev–Trinajstić information content (AvgIpc) is 3.31. The van der Waals surface area contributed by atoms with E-state index in [4.69, 9.17) is 14.6 Å². The molecule has 0 aliphatic carbocycles. The molecule has 0 fully saturated rings. The highest BCUT2D eigenvalue weighted by Gasteiger charge is 2.18. The van der Waals surface area contributed by atoms with Crippen LogP contribution in [-0.2, 0) is 17.8 Å². The Morgan fingerprint density at radius 1 is 0.939 bits per heavy atom. The van der Waals surface area contributed by atoms with Crippen molar-refractivity contribution < 1.29 is 14.3 Å². The number of methoxy groups -OCH3 is 2. The molecule has 0 aliphatic heterocycles. The van der Waals surface area contributed by atoms with Gasteiger partial charge < -0.3 is 14.8 Å². The number of nitrogens with zero attached hydrogens (tertiary/aromatic N) is 2. The maximum absolute atomic E-state index is 12.6. The van der Waals surface area contributed by atoms with Gasteiger partial charge in [0.2, 0.25) is 5.91 Å². The summed E-state index contributed by atoms with van der Waals surface area (Å²) in [5, 5.41) is 7.85. The van der Waals surface area contributed by atoms with Crippen molar-refractivity contribution in [1.29, 1.82) is 0 Å². The third-order valence-electron chi connectivity index (χ3n) is 5.43. The second-order valence-electron chi connectivity index (χ2n) is 7.61. The molecule has 0 unspecified atom stereocenters. The lowest BCUT2D eigenvalue weighted by molar-refractivity contribution is -0.121. The Hall–Kier alpha value is -4.06. The van der Waals surface area contributed by atoms with Gasteiger partial charge in [-0.25, -0.2) is 4.68 Å². The third-order valence-corrected chi connectivity index (χ3v) is 5.43. The van der Waals surface area contributed by atoms with E-state index >= 15 is 0 Å². The highest BCUT2D eigenvalue weighted by Crippen LogP contribution is 2.35. The van der Waals surface area contributed by atoms with Crippen molar-refractivity contribution in [3.8, 4) is 28.4 Å². The van der Waals surface area contributed by atoms with Crippen LogP contribution in [0.1, 0.15) is 17.5 Å². The van der Waals surface area contributed by atoms with Gasteiger partial charge >= 0.3 is 0 Å². The number of carbonyl (C=O) groups is 1. The van der Waals surface area contributed by atoms with Crippen LogP contribution in [0.3, 0.4) is 0 Å². The molecule has 1 amide bonds. The number of aryl methyl sites for hydroxylation is 1. The largest absolute Gasteiger partial charge is 0.497 e. The SMILES string of the molecule is COc1ccc(OC)c(-c2nn(-c3ccccc3)cc2CCC(=O)NCc2ccccc2)c1. The van der Waals surface area contributed by atoms with Gasteiger partial charge in [-0.05, 0) is 47.9 Å². The minimum atomic E-state index is -0.00475. The van der Waals surface area contributed by atoms with Crippen LogP contribution < -0.4 is 14.8 Å². The standard InChI is InChI=1S/C27H27N3O3/c1-32-23-14-15-25(33-2)24(17-23)27-21(19-30(29-27)22-11-7-4-8-12-22)13-16-26(31)28-18-20-9-5-3-6-10-20/h3-12,14-15,17,19H,13,16,18H2,1-2H3,(H,28,31). The molecule has 0 radical (unpaired) electrons. The van der Waals surface area contributed by atoms with Gasteiger partial charge in [0, 0.05) is 24.7 Å². The quantitative estimate of drug-likeness (QED) is 0.405. The van der Waals surface area contributed by atoms with Crippen LogP contribution in [0.4, 0.5) is 0 Å². The molecule has 168 valence electrons. The van der Waals surface area contributed by atoms with Crippen LogP contribution in [0.5, 0.6) is 11.5 Å². The molecule has 1 aromatic heterocycles. The van der Waals surface area contributed by atoms with E-state index in [-0.39, 0.29) is 5.91 Å². The molecular weight excluding hydrogens is 414 g/mol. The first kappa shape index (κ1) is 22.1. The lowest BCUT2D eigenvalue weighted by Crippen LogP contribution is -2.22.